The summed E-state index contributed by atoms with van der Waals surface area (Å²) in [6.45, 7) is 2.55. The number of carbonyl (C=O) groups is 1. The molecule has 0 bridgehead atoms. The third-order valence-corrected chi connectivity index (χ3v) is 5.20. The minimum atomic E-state index is -0.222. The van der Waals surface area contributed by atoms with Crippen LogP contribution < -0.4 is 10.1 Å². The van der Waals surface area contributed by atoms with Gasteiger partial charge in [-0.05, 0) is 43.3 Å². The van der Waals surface area contributed by atoms with Crippen molar-refractivity contribution in [3.8, 4) is 16.5 Å². The molecule has 1 amide bonds. The molecule has 0 aliphatic carbocycles. The first-order valence-corrected chi connectivity index (χ1v) is 9.58. The van der Waals surface area contributed by atoms with E-state index in [9.17, 15) is 4.79 Å². The molecule has 0 aliphatic rings. The van der Waals surface area contributed by atoms with Gasteiger partial charge in [-0.25, -0.2) is 4.98 Å². The van der Waals surface area contributed by atoms with Crippen molar-refractivity contribution in [3.05, 3.63) is 65.7 Å². The van der Waals surface area contributed by atoms with E-state index in [1.165, 1.54) is 11.3 Å². The number of nitrogens with one attached hydrogen (secondary N) is 1. The molecular formula is C21H19N3O2S. The van der Waals surface area contributed by atoms with E-state index in [0.717, 1.165) is 27.4 Å². The fraction of sp³-hybridized carbons (Fsp3) is 0.143. The summed E-state index contributed by atoms with van der Waals surface area (Å²) in [5.41, 5.74) is 3.26. The fourth-order valence-electron chi connectivity index (χ4n) is 2.99. The Morgan fingerprint density at radius 2 is 1.96 bits per heavy atom. The third-order valence-electron chi connectivity index (χ3n) is 4.33. The summed E-state index contributed by atoms with van der Waals surface area (Å²) in [5.74, 6) is 0.558. The van der Waals surface area contributed by atoms with Crippen LogP contribution in [-0.2, 0) is 7.05 Å². The number of anilines is 1. The van der Waals surface area contributed by atoms with Gasteiger partial charge in [-0.2, -0.15) is 0 Å². The number of hydrogen-bond donors (Lipinski definition) is 1. The summed E-state index contributed by atoms with van der Waals surface area (Å²) in [5, 5.41) is 6.65. The second-order valence-electron chi connectivity index (χ2n) is 6.10. The molecule has 0 unspecified atom stereocenters. The van der Waals surface area contributed by atoms with Gasteiger partial charge in [-0.15, -0.1) is 11.3 Å². The van der Waals surface area contributed by atoms with Gasteiger partial charge in [0.1, 0.15) is 16.5 Å². The van der Waals surface area contributed by atoms with Gasteiger partial charge in [0.05, 0.1) is 12.3 Å². The number of nitrogens with zero attached hydrogens (tertiary/aromatic N) is 2. The van der Waals surface area contributed by atoms with Crippen molar-refractivity contribution in [1.82, 2.24) is 9.55 Å². The number of aromatic nitrogens is 2. The molecule has 0 radical (unpaired) electrons. The van der Waals surface area contributed by atoms with E-state index >= 15 is 0 Å². The third kappa shape index (κ3) is 3.44. The SMILES string of the molecule is CCOc1ccc(NC(=O)c2csc(-c3cc4ccccc4n3C)n2)cc1. The van der Waals surface area contributed by atoms with Crippen molar-refractivity contribution in [2.75, 3.05) is 11.9 Å². The summed E-state index contributed by atoms with van der Waals surface area (Å²) in [6.07, 6.45) is 0. The number of fused-ring (bicyclic) bond motifs is 1. The first-order chi connectivity index (χ1) is 13.2. The van der Waals surface area contributed by atoms with E-state index < -0.39 is 0 Å². The van der Waals surface area contributed by atoms with Gasteiger partial charge in [0.2, 0.25) is 0 Å². The van der Waals surface area contributed by atoms with Crippen molar-refractivity contribution < 1.29 is 9.53 Å². The van der Waals surface area contributed by atoms with E-state index in [0.29, 0.717) is 18.0 Å². The maximum Gasteiger partial charge on any atom is 0.275 e. The van der Waals surface area contributed by atoms with Gasteiger partial charge < -0.3 is 14.6 Å². The van der Waals surface area contributed by atoms with Crippen LogP contribution in [0.2, 0.25) is 0 Å². The monoisotopic (exact) mass is 377 g/mol. The highest BCUT2D eigenvalue weighted by Crippen LogP contribution is 2.29. The van der Waals surface area contributed by atoms with E-state index in [2.05, 4.69) is 33.1 Å². The van der Waals surface area contributed by atoms with Crippen molar-refractivity contribution in [2.24, 2.45) is 7.05 Å². The summed E-state index contributed by atoms with van der Waals surface area (Å²) >= 11 is 1.47. The topological polar surface area (TPSA) is 56.1 Å². The molecule has 5 nitrogen and oxygen atoms in total. The summed E-state index contributed by atoms with van der Waals surface area (Å²) < 4.78 is 7.51. The second kappa shape index (κ2) is 7.25. The maximum atomic E-state index is 12.5. The van der Waals surface area contributed by atoms with Gasteiger partial charge in [0.15, 0.2) is 0 Å². The summed E-state index contributed by atoms with van der Waals surface area (Å²) in [7, 11) is 2.01. The standard InChI is InChI=1S/C21H19N3O2S/c1-3-26-16-10-8-15(9-11-16)22-20(25)17-13-27-21(23-17)19-12-14-6-4-5-7-18(14)24(19)2/h4-13H,3H2,1-2H3,(H,22,25). The molecule has 4 aromatic rings. The van der Waals surface area contributed by atoms with Gasteiger partial charge in [0, 0.05) is 29.0 Å². The molecule has 2 heterocycles. The van der Waals surface area contributed by atoms with Gasteiger partial charge in [-0.1, -0.05) is 18.2 Å². The fourth-order valence-corrected chi connectivity index (χ4v) is 3.84. The lowest BCUT2D eigenvalue weighted by atomic mass is 10.2. The van der Waals surface area contributed by atoms with Crippen molar-refractivity contribution in [2.45, 2.75) is 6.92 Å². The average Bonchev–Trinajstić information content (AvgIpc) is 3.29. The molecule has 0 aliphatic heterocycles. The second-order valence-corrected chi connectivity index (χ2v) is 6.95. The lowest BCUT2D eigenvalue weighted by Gasteiger charge is -2.06. The van der Waals surface area contributed by atoms with Crippen LogP contribution in [0.4, 0.5) is 5.69 Å². The number of rotatable bonds is 5. The molecule has 136 valence electrons. The molecule has 1 N–H and O–H groups in total. The molecule has 2 aromatic heterocycles. The predicted octanol–water partition coefficient (Wildman–Crippen LogP) is 4.95. The Kier molecular flexibility index (Phi) is 4.64. The number of thiazole rings is 1. The first kappa shape index (κ1) is 17.3. The quantitative estimate of drug-likeness (QED) is 0.535. The molecule has 0 atom stereocenters. The van der Waals surface area contributed by atoms with E-state index in [1.54, 1.807) is 5.38 Å². The minimum Gasteiger partial charge on any atom is -0.494 e. The highest BCUT2D eigenvalue weighted by atomic mass is 32.1. The summed E-state index contributed by atoms with van der Waals surface area (Å²) in [4.78, 5) is 17.1. The van der Waals surface area contributed by atoms with Crippen LogP contribution in [0.5, 0.6) is 5.75 Å². The van der Waals surface area contributed by atoms with E-state index in [-0.39, 0.29) is 5.91 Å². The number of ether oxygens (including phenoxy) is 1. The number of amides is 1. The Labute approximate surface area is 161 Å². The maximum absolute atomic E-state index is 12.5. The number of hydrogen-bond acceptors (Lipinski definition) is 4. The Morgan fingerprint density at radius 1 is 1.19 bits per heavy atom. The van der Waals surface area contributed by atoms with Crippen LogP contribution in [-0.4, -0.2) is 22.1 Å². The Bertz CT molecular complexity index is 1100. The number of carbonyl (C=O) groups excluding carboxylic acids is 1. The number of para-hydroxylation sites is 1. The highest BCUT2D eigenvalue weighted by molar-refractivity contribution is 7.13. The van der Waals surface area contributed by atoms with Crippen LogP contribution in [0.25, 0.3) is 21.6 Å². The lowest BCUT2D eigenvalue weighted by molar-refractivity contribution is 0.102. The molecule has 0 saturated heterocycles. The molecule has 2 aromatic carbocycles. The molecule has 0 spiro atoms. The number of benzene rings is 2. The normalized spacial score (nSPS) is 10.9. The molecule has 4 rings (SSSR count). The van der Waals surface area contributed by atoms with Crippen LogP contribution in [0.3, 0.4) is 0 Å². The van der Waals surface area contributed by atoms with Gasteiger partial charge in [-0.3, -0.25) is 4.79 Å². The van der Waals surface area contributed by atoms with Crippen LogP contribution in [0.15, 0.2) is 60.0 Å². The van der Waals surface area contributed by atoms with Gasteiger partial charge in [0.25, 0.3) is 5.91 Å². The highest BCUT2D eigenvalue weighted by Gasteiger charge is 2.15. The predicted molar refractivity (Wildman–Crippen MR) is 110 cm³/mol. The zero-order valence-corrected chi connectivity index (χ0v) is 15.9. The van der Waals surface area contributed by atoms with Gasteiger partial charge >= 0.3 is 0 Å². The zero-order valence-electron chi connectivity index (χ0n) is 15.1. The Balaban J connectivity index is 1.54. The molecule has 6 heteroatoms. The minimum absolute atomic E-state index is 0.222. The van der Waals surface area contributed by atoms with Crippen LogP contribution >= 0.6 is 11.3 Å². The molecule has 0 saturated carbocycles. The van der Waals surface area contributed by atoms with Crippen LogP contribution in [0, 0.1) is 0 Å². The zero-order chi connectivity index (χ0) is 18.8. The van der Waals surface area contributed by atoms with E-state index in [1.807, 2.05) is 50.4 Å². The smallest absolute Gasteiger partial charge is 0.275 e. The van der Waals surface area contributed by atoms with Crippen LogP contribution in [0.1, 0.15) is 17.4 Å². The molecule has 27 heavy (non-hydrogen) atoms. The Hall–Kier alpha value is -3.12. The largest absolute Gasteiger partial charge is 0.494 e. The van der Waals surface area contributed by atoms with Crippen molar-refractivity contribution in [1.29, 1.82) is 0 Å². The lowest BCUT2D eigenvalue weighted by Crippen LogP contribution is -2.12. The average molecular weight is 377 g/mol. The number of aryl methyl sites for hydroxylation is 1. The Morgan fingerprint density at radius 3 is 2.70 bits per heavy atom. The summed E-state index contributed by atoms with van der Waals surface area (Å²) in [6, 6.07) is 17.6. The van der Waals surface area contributed by atoms with Crippen molar-refractivity contribution in [3.63, 3.8) is 0 Å². The first-order valence-electron chi connectivity index (χ1n) is 8.70. The van der Waals surface area contributed by atoms with Crippen molar-refractivity contribution >= 4 is 33.8 Å². The molecule has 0 fully saturated rings. The molecular weight excluding hydrogens is 358 g/mol. The van der Waals surface area contributed by atoms with E-state index in [4.69, 9.17) is 4.74 Å².